The number of ether oxygens (including phenoxy) is 8. The number of hydrogen-bond donors (Lipinski definition) is 9. The average Bonchev–Trinajstić information content (AvgIpc) is 3.69. The van der Waals surface area contributed by atoms with Crippen LogP contribution in [-0.4, -0.2) is 176 Å². The quantitative estimate of drug-likeness (QED) is 0.145. The van der Waals surface area contributed by atoms with Gasteiger partial charge in [-0.25, -0.2) is 0 Å². The Morgan fingerprint density at radius 2 is 1.30 bits per heavy atom. The Bertz CT molecular complexity index is 1520. The third kappa shape index (κ3) is 7.58. The molecule has 26 atom stereocenters. The number of aliphatic hydroxyl groups is 9. The molecule has 61 heavy (non-hydrogen) atoms. The van der Waals surface area contributed by atoms with Gasteiger partial charge in [0, 0.05) is 12.3 Å². The monoisotopic (exact) mass is 872 g/mol. The predicted octanol–water partition coefficient (Wildman–Crippen LogP) is -0.0945. The second-order valence-electron chi connectivity index (χ2n) is 21.1. The van der Waals surface area contributed by atoms with Crippen molar-refractivity contribution in [2.24, 2.45) is 52.3 Å². The zero-order chi connectivity index (χ0) is 43.3. The molecule has 4 saturated carbocycles. The van der Waals surface area contributed by atoms with Gasteiger partial charge in [0.15, 0.2) is 24.7 Å². The Hall–Kier alpha value is -0.680. The van der Waals surface area contributed by atoms with Gasteiger partial charge in [-0.15, -0.1) is 0 Å². The topological polar surface area (TPSA) is 256 Å². The van der Waals surface area contributed by atoms with Crippen LogP contribution in [0.1, 0.15) is 91.9 Å². The third-order valence-electron chi connectivity index (χ3n) is 17.9. The van der Waals surface area contributed by atoms with Crippen LogP contribution < -0.4 is 0 Å². The Kier molecular flexibility index (Phi) is 12.8. The first-order valence-electron chi connectivity index (χ1n) is 23.2. The third-order valence-corrected chi connectivity index (χ3v) is 17.9. The molecule has 17 nitrogen and oxygen atoms in total. The van der Waals surface area contributed by atoms with Crippen molar-refractivity contribution in [3.05, 3.63) is 0 Å². The van der Waals surface area contributed by atoms with Crippen molar-refractivity contribution in [1.29, 1.82) is 0 Å². The van der Waals surface area contributed by atoms with E-state index in [1.807, 2.05) is 0 Å². The van der Waals surface area contributed by atoms with Crippen LogP contribution in [0, 0.1) is 52.3 Å². The summed E-state index contributed by atoms with van der Waals surface area (Å²) in [5.74, 6) is 3.32. The number of aliphatic hydroxyl groups excluding tert-OH is 9. The van der Waals surface area contributed by atoms with Gasteiger partial charge in [0.2, 0.25) is 0 Å². The lowest BCUT2D eigenvalue weighted by molar-refractivity contribution is -0.375. The first-order valence-corrected chi connectivity index (χ1v) is 23.2. The minimum atomic E-state index is -1.77. The molecule has 0 amide bonds. The largest absolute Gasteiger partial charge is 0.394 e. The highest BCUT2D eigenvalue weighted by Crippen LogP contribution is 2.71. The van der Waals surface area contributed by atoms with Crippen LogP contribution >= 0.6 is 0 Å². The van der Waals surface area contributed by atoms with Gasteiger partial charge in [0.1, 0.15) is 67.1 Å². The first-order chi connectivity index (χ1) is 29.0. The van der Waals surface area contributed by atoms with E-state index < -0.39 is 112 Å². The highest BCUT2D eigenvalue weighted by atomic mass is 16.8. The van der Waals surface area contributed by atoms with Crippen LogP contribution in [0.2, 0.25) is 0 Å². The molecule has 0 bridgehead atoms. The summed E-state index contributed by atoms with van der Waals surface area (Å²) in [4.78, 5) is 0. The molecule has 0 aromatic heterocycles. The Morgan fingerprint density at radius 3 is 2.00 bits per heavy atom. The van der Waals surface area contributed by atoms with Crippen molar-refractivity contribution < 1.29 is 83.9 Å². The van der Waals surface area contributed by atoms with E-state index in [4.69, 9.17) is 37.9 Å². The van der Waals surface area contributed by atoms with E-state index in [-0.39, 0.29) is 23.0 Å². The van der Waals surface area contributed by atoms with Crippen molar-refractivity contribution in [3.63, 3.8) is 0 Å². The molecular formula is C44H72O17. The summed E-state index contributed by atoms with van der Waals surface area (Å²) < 4.78 is 49.0. The molecule has 9 aliphatic rings. The maximum Gasteiger partial charge on any atom is 0.187 e. The van der Waals surface area contributed by atoms with Crippen molar-refractivity contribution in [3.8, 4) is 0 Å². The summed E-state index contributed by atoms with van der Waals surface area (Å²) in [5.41, 5.74) is 0.367. The molecule has 1 spiro atoms. The SMILES string of the molecule is C[C@@H]1CC[C@@]2(OC1)O[C@H]1C[C@@H]3[C@@H]4CC[C@@H]5C[C@H](O[C@@H]6O[C@H](CO)[C@@H](O)[C@H](O)[C@H]6O[C@@H]6OC[C@@H](O[C@@H]7O[C@H](CO)[C@@H](O)[C@H](O)[C@H]7O)[C@H](O)[C@H]6O)CC[C@@]5(C)[C@H]4CC[C@@]3(C)[C@H]1[C@@H]2C. The number of fused-ring (bicyclic) bond motifs is 7. The van der Waals surface area contributed by atoms with Crippen LogP contribution in [0.3, 0.4) is 0 Å². The molecule has 0 aromatic rings. The van der Waals surface area contributed by atoms with E-state index in [0.29, 0.717) is 41.4 Å². The molecule has 9 rings (SSSR count). The normalized spacial score (nSPS) is 58.5. The number of rotatable bonds is 8. The fraction of sp³-hybridized carbons (Fsp3) is 1.00. The summed E-state index contributed by atoms with van der Waals surface area (Å²) in [6.07, 6.45) is -10.8. The second kappa shape index (κ2) is 17.2. The Labute approximate surface area is 357 Å². The van der Waals surface area contributed by atoms with E-state index >= 15 is 0 Å². The zero-order valence-electron chi connectivity index (χ0n) is 36.0. The second-order valence-corrected chi connectivity index (χ2v) is 21.1. The van der Waals surface area contributed by atoms with E-state index in [9.17, 15) is 46.0 Å². The molecule has 0 unspecified atom stereocenters. The van der Waals surface area contributed by atoms with Crippen LogP contribution in [0.25, 0.3) is 0 Å². The molecule has 5 aliphatic heterocycles. The maximum atomic E-state index is 11.3. The molecule has 17 heteroatoms. The maximum absolute atomic E-state index is 11.3. The van der Waals surface area contributed by atoms with Crippen molar-refractivity contribution in [2.45, 2.75) is 196 Å². The predicted molar refractivity (Wildman–Crippen MR) is 210 cm³/mol. The average molecular weight is 873 g/mol. The lowest BCUT2D eigenvalue weighted by Gasteiger charge is -2.61. The van der Waals surface area contributed by atoms with Crippen molar-refractivity contribution in [1.82, 2.24) is 0 Å². The smallest absolute Gasteiger partial charge is 0.187 e. The van der Waals surface area contributed by atoms with Gasteiger partial charge in [0.25, 0.3) is 0 Å². The molecule has 4 aliphatic carbocycles. The van der Waals surface area contributed by atoms with E-state index in [1.165, 1.54) is 12.8 Å². The van der Waals surface area contributed by atoms with Crippen LogP contribution in [0.4, 0.5) is 0 Å². The summed E-state index contributed by atoms with van der Waals surface area (Å²) in [6.45, 7) is 8.81. The van der Waals surface area contributed by atoms with E-state index in [2.05, 4.69) is 27.7 Å². The van der Waals surface area contributed by atoms with Crippen molar-refractivity contribution in [2.75, 3.05) is 26.4 Å². The van der Waals surface area contributed by atoms with Crippen LogP contribution in [0.5, 0.6) is 0 Å². The van der Waals surface area contributed by atoms with Crippen LogP contribution in [0.15, 0.2) is 0 Å². The molecule has 5 saturated heterocycles. The molecule has 5 heterocycles. The first kappa shape index (κ1) is 45.5. The Balaban J connectivity index is 0.834. The number of hydrogen-bond acceptors (Lipinski definition) is 17. The Morgan fingerprint density at radius 1 is 0.607 bits per heavy atom. The fourth-order valence-corrected chi connectivity index (χ4v) is 14.4. The molecule has 0 aromatic carbocycles. The molecule has 0 radical (unpaired) electrons. The molecule has 9 fully saturated rings. The summed E-state index contributed by atoms with van der Waals surface area (Å²) in [7, 11) is 0. The van der Waals surface area contributed by atoms with Gasteiger partial charge in [-0.05, 0) is 104 Å². The fourth-order valence-electron chi connectivity index (χ4n) is 14.4. The van der Waals surface area contributed by atoms with Gasteiger partial charge in [-0.1, -0.05) is 27.7 Å². The van der Waals surface area contributed by atoms with Gasteiger partial charge in [-0.2, -0.15) is 0 Å². The molecule has 350 valence electrons. The molecular weight excluding hydrogens is 800 g/mol. The van der Waals surface area contributed by atoms with Crippen molar-refractivity contribution >= 4 is 0 Å². The summed E-state index contributed by atoms with van der Waals surface area (Å²) in [6, 6.07) is 0. The standard InChI is InChI=1S/C44H72O17/c1-19-7-12-44(55-17-19)20(2)30-26(61-44)14-25-23-6-5-21-13-22(8-10-42(21,3)24(23)9-11-43(25,30)4)56-41-38(35(51)32(48)28(16-46)58-41)60-39-36(52)33(49)29(18-54-39)59-40-37(53)34(50)31(47)27(15-45)57-40/h19-41,45-53H,5-18H2,1-4H3/t19-,20+,21-,22-,23-,24+,25-,26+,27-,28-,29-,30+,31-,32-,33+,34+,35+,36-,37-,38-,39+,40+,41-,42-,43-,44-/m1/s1. The highest BCUT2D eigenvalue weighted by molar-refractivity contribution is 5.15. The molecule has 9 N–H and O–H groups in total. The van der Waals surface area contributed by atoms with E-state index in [1.54, 1.807) is 0 Å². The van der Waals surface area contributed by atoms with Gasteiger partial charge in [-0.3, -0.25) is 0 Å². The van der Waals surface area contributed by atoms with Gasteiger partial charge in [0.05, 0.1) is 38.6 Å². The minimum absolute atomic E-state index is 0.134. The minimum Gasteiger partial charge on any atom is -0.394 e. The lowest BCUT2D eigenvalue weighted by Crippen LogP contribution is -2.65. The lowest BCUT2D eigenvalue weighted by atomic mass is 9.44. The summed E-state index contributed by atoms with van der Waals surface area (Å²) in [5, 5.41) is 94.7. The van der Waals surface area contributed by atoms with Crippen LogP contribution in [-0.2, 0) is 37.9 Å². The zero-order valence-corrected chi connectivity index (χ0v) is 36.0. The van der Waals surface area contributed by atoms with Gasteiger partial charge >= 0.3 is 0 Å². The summed E-state index contributed by atoms with van der Waals surface area (Å²) >= 11 is 0. The highest BCUT2D eigenvalue weighted by Gasteiger charge is 2.69. The van der Waals surface area contributed by atoms with E-state index in [0.717, 1.165) is 58.0 Å². The van der Waals surface area contributed by atoms with Gasteiger partial charge < -0.3 is 83.9 Å².